The number of carbonyl (C=O) groups is 2. The summed E-state index contributed by atoms with van der Waals surface area (Å²) in [7, 11) is 0. The van der Waals surface area contributed by atoms with Crippen LogP contribution in [0.25, 0.3) is 0 Å². The van der Waals surface area contributed by atoms with Crippen molar-refractivity contribution in [2.75, 3.05) is 19.6 Å². The normalized spacial score (nSPS) is 24.1. The summed E-state index contributed by atoms with van der Waals surface area (Å²) in [6.07, 6.45) is 3.59. The van der Waals surface area contributed by atoms with Gasteiger partial charge in [0.05, 0.1) is 6.04 Å². The van der Waals surface area contributed by atoms with Gasteiger partial charge < -0.3 is 16.0 Å². The second-order valence-electron chi connectivity index (χ2n) is 6.65. The summed E-state index contributed by atoms with van der Waals surface area (Å²) in [6.45, 7) is 8.19. The minimum absolute atomic E-state index is 0.0260. The molecule has 0 radical (unpaired) electrons. The maximum absolute atomic E-state index is 12.6. The van der Waals surface area contributed by atoms with Gasteiger partial charge in [-0.1, -0.05) is 26.7 Å². The molecule has 0 saturated carbocycles. The lowest BCUT2D eigenvalue weighted by Crippen LogP contribution is -2.62. The van der Waals surface area contributed by atoms with Crippen LogP contribution in [0.3, 0.4) is 0 Å². The molecule has 1 saturated heterocycles. The summed E-state index contributed by atoms with van der Waals surface area (Å²) in [4.78, 5) is 26.7. The second kappa shape index (κ2) is 7.61. The molecule has 2 atom stereocenters. The van der Waals surface area contributed by atoms with Gasteiger partial charge in [-0.15, -0.1) is 0 Å². The van der Waals surface area contributed by atoms with Crippen molar-refractivity contribution >= 4 is 29.1 Å². The Morgan fingerprint density at radius 3 is 2.58 bits per heavy atom. The summed E-state index contributed by atoms with van der Waals surface area (Å²) >= 11 is 5.27. The molecule has 2 amide bonds. The zero-order valence-corrected chi connectivity index (χ0v) is 15.6. The third kappa shape index (κ3) is 3.19. The van der Waals surface area contributed by atoms with E-state index in [1.54, 1.807) is 6.92 Å². The van der Waals surface area contributed by atoms with Crippen molar-refractivity contribution in [1.29, 1.82) is 0 Å². The third-order valence-corrected chi connectivity index (χ3v) is 5.67. The van der Waals surface area contributed by atoms with E-state index in [1.165, 1.54) is 0 Å². The van der Waals surface area contributed by atoms with Crippen molar-refractivity contribution in [3.63, 3.8) is 0 Å². The third-order valence-electron chi connectivity index (χ3n) is 5.44. The van der Waals surface area contributed by atoms with Gasteiger partial charge in [-0.05, 0) is 32.0 Å². The van der Waals surface area contributed by atoms with E-state index in [-0.39, 0.29) is 17.9 Å². The Balaban J connectivity index is 2.56. The van der Waals surface area contributed by atoms with Gasteiger partial charge in [0.2, 0.25) is 0 Å². The number of amides is 2. The molecule has 0 bridgehead atoms. The highest BCUT2D eigenvalue weighted by molar-refractivity contribution is 7.80. The zero-order valence-electron chi connectivity index (χ0n) is 14.8. The number of piperazine rings is 1. The van der Waals surface area contributed by atoms with Crippen LogP contribution < -0.4 is 16.4 Å². The highest BCUT2D eigenvalue weighted by Crippen LogP contribution is 2.45. The smallest absolute Gasteiger partial charge is 0.255 e. The number of nitrogens with zero attached hydrogens (tertiary/aromatic N) is 1. The molecule has 1 fully saturated rings. The van der Waals surface area contributed by atoms with E-state index >= 15 is 0 Å². The van der Waals surface area contributed by atoms with E-state index in [0.717, 1.165) is 38.8 Å². The highest BCUT2D eigenvalue weighted by Gasteiger charge is 2.50. The fourth-order valence-electron chi connectivity index (χ4n) is 4.14. The van der Waals surface area contributed by atoms with Crippen LogP contribution in [-0.2, 0) is 9.59 Å². The molecule has 2 aliphatic heterocycles. The average molecular weight is 353 g/mol. The van der Waals surface area contributed by atoms with Crippen molar-refractivity contribution in [3.05, 3.63) is 11.1 Å². The summed E-state index contributed by atoms with van der Waals surface area (Å²) in [5, 5.41) is 6.22. The minimum Gasteiger partial charge on any atom is -0.376 e. The van der Waals surface area contributed by atoms with Crippen molar-refractivity contribution in [2.24, 2.45) is 11.1 Å². The van der Waals surface area contributed by atoms with Gasteiger partial charge in [-0.2, -0.15) is 0 Å². The Labute approximate surface area is 149 Å². The summed E-state index contributed by atoms with van der Waals surface area (Å²) < 4.78 is 0. The molecule has 0 aromatic carbocycles. The van der Waals surface area contributed by atoms with E-state index in [1.807, 2.05) is 4.90 Å². The van der Waals surface area contributed by atoms with Crippen LogP contribution in [0, 0.1) is 5.41 Å². The maximum Gasteiger partial charge on any atom is 0.255 e. The van der Waals surface area contributed by atoms with Gasteiger partial charge in [-0.3, -0.25) is 14.9 Å². The van der Waals surface area contributed by atoms with Crippen molar-refractivity contribution < 1.29 is 9.59 Å². The first-order valence-electron chi connectivity index (χ1n) is 8.72. The van der Waals surface area contributed by atoms with Crippen molar-refractivity contribution in [1.82, 2.24) is 15.5 Å². The molecule has 0 spiro atoms. The molecular formula is C17H28N4O2S. The standard InChI is InChI=1S/C17H28N4O2S/c1-4-6-7-17(5-2,13-11(3)14(22)20-15(13)23)12-10-19-8-9-21(12)16(18)24/h12,19H,4-10H2,1-3H3,(H2,18,24)(H,20,22,23). The number of hydrogen-bond acceptors (Lipinski definition) is 4. The molecule has 7 heteroatoms. The number of imide groups is 1. The lowest BCUT2D eigenvalue weighted by Gasteiger charge is -2.49. The van der Waals surface area contributed by atoms with Crippen LogP contribution in [0.1, 0.15) is 46.5 Å². The van der Waals surface area contributed by atoms with Gasteiger partial charge in [0.15, 0.2) is 5.11 Å². The van der Waals surface area contributed by atoms with E-state index in [2.05, 4.69) is 24.5 Å². The molecule has 0 aromatic rings. The Kier molecular flexibility index (Phi) is 5.98. The van der Waals surface area contributed by atoms with Crippen molar-refractivity contribution in [3.8, 4) is 0 Å². The van der Waals surface area contributed by atoms with E-state index in [4.69, 9.17) is 18.0 Å². The second-order valence-corrected chi connectivity index (χ2v) is 7.07. The predicted molar refractivity (Wildman–Crippen MR) is 98.2 cm³/mol. The first kappa shape index (κ1) is 18.9. The molecular weight excluding hydrogens is 324 g/mol. The molecule has 2 heterocycles. The topological polar surface area (TPSA) is 87.5 Å². The van der Waals surface area contributed by atoms with Gasteiger partial charge in [0.1, 0.15) is 0 Å². The van der Waals surface area contributed by atoms with Crippen molar-refractivity contribution in [2.45, 2.75) is 52.5 Å². The number of thiocarbonyl (C=S) groups is 1. The van der Waals surface area contributed by atoms with Crippen LogP contribution >= 0.6 is 12.2 Å². The summed E-state index contributed by atoms with van der Waals surface area (Å²) in [5.74, 6) is -0.543. The van der Waals surface area contributed by atoms with Crippen LogP contribution in [-0.4, -0.2) is 47.5 Å². The number of rotatable bonds is 6. The number of hydrogen-bond donors (Lipinski definition) is 3. The Bertz CT molecular complexity index is 575. The molecule has 0 aromatic heterocycles. The number of carbonyl (C=O) groups excluding carboxylic acids is 2. The van der Waals surface area contributed by atoms with E-state index in [9.17, 15) is 9.59 Å². The highest BCUT2D eigenvalue weighted by atomic mass is 32.1. The predicted octanol–water partition coefficient (Wildman–Crippen LogP) is 1.06. The zero-order chi connectivity index (χ0) is 17.9. The van der Waals surface area contributed by atoms with Gasteiger partial charge in [-0.25, -0.2) is 0 Å². The fourth-order valence-corrected chi connectivity index (χ4v) is 4.36. The van der Waals surface area contributed by atoms with E-state index in [0.29, 0.717) is 22.8 Å². The van der Waals surface area contributed by atoms with Crippen LogP contribution in [0.15, 0.2) is 11.1 Å². The first-order valence-corrected chi connectivity index (χ1v) is 9.13. The molecule has 6 nitrogen and oxygen atoms in total. The van der Waals surface area contributed by atoms with Gasteiger partial charge in [0.25, 0.3) is 11.8 Å². The molecule has 2 aliphatic rings. The molecule has 2 rings (SSSR count). The van der Waals surface area contributed by atoms with Crippen LogP contribution in [0.2, 0.25) is 0 Å². The SMILES string of the molecule is CCCCC(CC)(C1=C(C)C(=O)NC1=O)C1CNCCN1C(N)=S. The molecule has 0 aliphatic carbocycles. The molecule has 24 heavy (non-hydrogen) atoms. The van der Waals surface area contributed by atoms with Crippen LogP contribution in [0.5, 0.6) is 0 Å². The average Bonchev–Trinajstić information content (AvgIpc) is 2.83. The number of nitrogens with one attached hydrogen (secondary N) is 2. The van der Waals surface area contributed by atoms with Gasteiger partial charge >= 0.3 is 0 Å². The van der Waals surface area contributed by atoms with E-state index < -0.39 is 5.41 Å². The molecule has 2 unspecified atom stereocenters. The largest absolute Gasteiger partial charge is 0.376 e. The maximum atomic E-state index is 12.6. The Morgan fingerprint density at radius 1 is 1.38 bits per heavy atom. The number of nitrogens with two attached hydrogens (primary N) is 1. The monoisotopic (exact) mass is 352 g/mol. The fraction of sp³-hybridized carbons (Fsp3) is 0.706. The lowest BCUT2D eigenvalue weighted by molar-refractivity contribution is -0.124. The van der Waals surface area contributed by atoms with Gasteiger partial charge in [0, 0.05) is 36.2 Å². The molecule has 134 valence electrons. The Morgan fingerprint density at radius 2 is 2.08 bits per heavy atom. The number of unbranched alkanes of at least 4 members (excludes halogenated alkanes) is 1. The van der Waals surface area contributed by atoms with Crippen LogP contribution in [0.4, 0.5) is 0 Å². The quantitative estimate of drug-likeness (QED) is 0.489. The summed E-state index contributed by atoms with van der Waals surface area (Å²) in [6, 6.07) is -0.0260. The lowest BCUT2D eigenvalue weighted by atomic mass is 9.66. The first-order chi connectivity index (χ1) is 11.4. The minimum atomic E-state index is -0.437. The summed E-state index contributed by atoms with van der Waals surface area (Å²) in [5.41, 5.74) is 6.70. The molecule has 4 N–H and O–H groups in total. The Hall–Kier alpha value is -1.47.